The molecule has 0 aliphatic carbocycles. The van der Waals surface area contributed by atoms with Crippen LogP contribution in [0.4, 0.5) is 11.4 Å². The van der Waals surface area contributed by atoms with Crippen molar-refractivity contribution in [2.75, 3.05) is 24.1 Å². The first-order valence-electron chi connectivity index (χ1n) is 12.8. The van der Waals surface area contributed by atoms with Gasteiger partial charge in [-0.05, 0) is 43.5 Å². The summed E-state index contributed by atoms with van der Waals surface area (Å²) in [6.45, 7) is 1.93. The highest BCUT2D eigenvalue weighted by Crippen LogP contribution is 2.12. The average Bonchev–Trinajstić information content (AvgIpc) is 3.47. The van der Waals surface area contributed by atoms with E-state index in [1.165, 1.54) is 0 Å². The topological polar surface area (TPSA) is 48.8 Å². The van der Waals surface area contributed by atoms with Crippen LogP contribution in [-0.2, 0) is 27.2 Å². The van der Waals surface area contributed by atoms with E-state index >= 15 is 0 Å². The van der Waals surface area contributed by atoms with Crippen LogP contribution in [-0.4, -0.2) is 35.7 Å². The number of hydrogen-bond acceptors (Lipinski definition) is 4. The van der Waals surface area contributed by atoms with Gasteiger partial charge < -0.3 is 0 Å². The molecule has 37 heavy (non-hydrogen) atoms. The second-order valence-corrected chi connectivity index (χ2v) is 9.19. The van der Waals surface area contributed by atoms with Crippen LogP contribution in [0.1, 0.15) is 30.9 Å². The summed E-state index contributed by atoms with van der Waals surface area (Å²) in [4.78, 5) is 0. The van der Waals surface area contributed by atoms with Crippen molar-refractivity contribution in [1.29, 1.82) is 0 Å². The van der Waals surface area contributed by atoms with E-state index in [4.69, 9.17) is 0 Å². The van der Waals surface area contributed by atoms with Gasteiger partial charge in [-0.15, -0.1) is 0 Å². The molecule has 4 aromatic rings. The maximum atomic E-state index is 4.65. The number of para-hydroxylation sites is 2. The number of unbranched alkanes of at least 4 members (excludes halogenated alkanes) is 2. The van der Waals surface area contributed by atoms with Gasteiger partial charge in [0, 0.05) is 14.1 Å². The van der Waals surface area contributed by atoms with Crippen LogP contribution in [0, 0.1) is 0 Å². The quantitative estimate of drug-likeness (QED) is 0.129. The fourth-order valence-electron chi connectivity index (χ4n) is 4.22. The van der Waals surface area contributed by atoms with Gasteiger partial charge in [-0.25, -0.2) is 18.3 Å². The third-order valence-electron chi connectivity index (χ3n) is 6.50. The van der Waals surface area contributed by atoms with Gasteiger partial charge >= 0.3 is 11.6 Å². The van der Waals surface area contributed by atoms with E-state index in [1.807, 2.05) is 72.9 Å². The molecule has 2 aromatic heterocycles. The summed E-state index contributed by atoms with van der Waals surface area (Å²) in [6, 6.07) is 20.4. The maximum Gasteiger partial charge on any atom is 0.301 e. The Bertz CT molecular complexity index is 1200. The van der Waals surface area contributed by atoms with Crippen LogP contribution in [0.15, 0.2) is 95.7 Å². The number of anilines is 2. The molecule has 0 saturated carbocycles. The molecule has 2 aromatic carbocycles. The molecule has 0 N–H and O–H groups in total. The van der Waals surface area contributed by atoms with E-state index in [1.54, 1.807) is 0 Å². The van der Waals surface area contributed by atoms with Gasteiger partial charge in [0.2, 0.25) is 0 Å². The van der Waals surface area contributed by atoms with Crippen molar-refractivity contribution in [3.05, 3.63) is 97.1 Å². The number of aromatic nitrogens is 4. The van der Waals surface area contributed by atoms with Crippen molar-refractivity contribution in [3.63, 3.8) is 0 Å². The predicted octanol–water partition coefficient (Wildman–Crippen LogP) is 3.75. The van der Waals surface area contributed by atoms with Crippen LogP contribution < -0.4 is 19.2 Å². The number of aryl methyl sites for hydroxylation is 4. The monoisotopic (exact) mass is 498 g/mol. The van der Waals surface area contributed by atoms with Crippen LogP contribution in [0.25, 0.3) is 0 Å². The van der Waals surface area contributed by atoms with E-state index in [2.05, 4.69) is 91.6 Å². The van der Waals surface area contributed by atoms with E-state index < -0.39 is 0 Å². The first-order chi connectivity index (χ1) is 18.0. The fourth-order valence-corrected chi connectivity index (χ4v) is 4.22. The zero-order chi connectivity index (χ0) is 26.0. The molecule has 0 saturated heterocycles. The molecule has 8 nitrogen and oxygen atoms in total. The fraction of sp³-hybridized carbons (Fsp3) is 0.310. The molecule has 0 amide bonds. The molecule has 0 atom stereocenters. The van der Waals surface area contributed by atoms with Crippen molar-refractivity contribution >= 4 is 23.8 Å². The molecule has 0 unspecified atom stereocenters. The van der Waals surface area contributed by atoms with Crippen molar-refractivity contribution in [2.24, 2.45) is 24.3 Å². The largest absolute Gasteiger partial charge is 0.301 e. The van der Waals surface area contributed by atoms with E-state index in [9.17, 15) is 0 Å². The van der Waals surface area contributed by atoms with Gasteiger partial charge in [0.05, 0.1) is 38.6 Å². The molecule has 8 heteroatoms. The number of nitrogens with zero attached hydrogens (tertiary/aromatic N) is 8. The minimum atomic E-state index is 0.965. The first-order valence-corrected chi connectivity index (χ1v) is 12.8. The molecule has 0 fully saturated rings. The Labute approximate surface area is 220 Å². The molecule has 0 radical (unpaired) electrons. The minimum absolute atomic E-state index is 0.965. The highest BCUT2D eigenvalue weighted by Gasteiger charge is 2.14. The van der Waals surface area contributed by atoms with E-state index in [0.29, 0.717) is 0 Å². The lowest BCUT2D eigenvalue weighted by Crippen LogP contribution is -2.32. The van der Waals surface area contributed by atoms with Crippen molar-refractivity contribution in [2.45, 2.75) is 32.4 Å². The summed E-state index contributed by atoms with van der Waals surface area (Å²) in [6.07, 6.45) is 15.7. The molecule has 0 bridgehead atoms. The first kappa shape index (κ1) is 25.9. The second-order valence-electron chi connectivity index (χ2n) is 9.19. The molecule has 0 aliphatic heterocycles. The Morgan fingerprint density at radius 1 is 0.649 bits per heavy atom. The van der Waals surface area contributed by atoms with Crippen LogP contribution in [0.5, 0.6) is 0 Å². The van der Waals surface area contributed by atoms with Crippen LogP contribution in [0.2, 0.25) is 0 Å². The maximum absolute atomic E-state index is 4.65. The molecule has 2 heterocycles. The SMILES string of the molecule is CN(N=Cc1n(CCCCCn2cc[n+](C)c2C=NN(C)c2ccccc2)cc[n+]1C)c1ccccc1. The normalized spacial score (nSPS) is 11.6. The van der Waals surface area contributed by atoms with Gasteiger partial charge in [0.15, 0.2) is 0 Å². The zero-order valence-electron chi connectivity index (χ0n) is 22.4. The summed E-state index contributed by atoms with van der Waals surface area (Å²) >= 11 is 0. The van der Waals surface area contributed by atoms with Crippen molar-refractivity contribution < 1.29 is 9.13 Å². The summed E-state index contributed by atoms with van der Waals surface area (Å²) < 4.78 is 8.77. The Balaban J connectivity index is 1.28. The lowest BCUT2D eigenvalue weighted by molar-refractivity contribution is -0.672. The standard InChI is InChI=1S/C29H38N8/c1-32-20-22-36(28(32)24-30-34(3)26-14-8-5-9-15-26)18-12-7-13-19-37-23-21-33(2)29(37)25-31-35(4)27-16-10-6-11-17-27/h5-6,8-11,14-17,20-25H,7,12-13,18-19H2,1-4H3/q+2. The number of rotatable bonds is 12. The van der Waals surface area contributed by atoms with Crippen LogP contribution >= 0.6 is 0 Å². The minimum Gasteiger partial charge on any atom is -0.268 e. The van der Waals surface area contributed by atoms with Gasteiger partial charge in [0.25, 0.3) is 0 Å². The van der Waals surface area contributed by atoms with E-state index in [0.717, 1.165) is 55.4 Å². The van der Waals surface area contributed by atoms with Gasteiger partial charge in [-0.3, -0.25) is 10.0 Å². The van der Waals surface area contributed by atoms with Gasteiger partial charge in [-0.1, -0.05) is 36.4 Å². The Morgan fingerprint density at radius 3 is 1.46 bits per heavy atom. The molecule has 0 aliphatic rings. The summed E-state index contributed by atoms with van der Waals surface area (Å²) in [5, 5.41) is 13.1. The molecule has 0 spiro atoms. The predicted molar refractivity (Wildman–Crippen MR) is 150 cm³/mol. The molecular weight excluding hydrogens is 460 g/mol. The lowest BCUT2D eigenvalue weighted by Gasteiger charge is -2.11. The third kappa shape index (κ3) is 6.94. The Hall–Kier alpha value is -4.20. The number of hydrogen-bond donors (Lipinski definition) is 0. The third-order valence-corrected chi connectivity index (χ3v) is 6.50. The number of hydrazone groups is 2. The Morgan fingerprint density at radius 2 is 1.05 bits per heavy atom. The molecular formula is C29H38N8+2. The van der Waals surface area contributed by atoms with Gasteiger partial charge in [0.1, 0.15) is 37.2 Å². The summed E-state index contributed by atoms with van der Waals surface area (Å²) in [7, 11) is 8.06. The Kier molecular flexibility index (Phi) is 8.86. The molecule has 192 valence electrons. The van der Waals surface area contributed by atoms with Crippen LogP contribution in [0.3, 0.4) is 0 Å². The van der Waals surface area contributed by atoms with E-state index in [-0.39, 0.29) is 0 Å². The number of benzene rings is 2. The number of imidazole rings is 2. The van der Waals surface area contributed by atoms with Gasteiger partial charge in [-0.2, -0.15) is 10.2 Å². The smallest absolute Gasteiger partial charge is 0.268 e. The highest BCUT2D eigenvalue weighted by atomic mass is 15.4. The summed E-state index contributed by atoms with van der Waals surface area (Å²) in [5.74, 6) is 2.17. The summed E-state index contributed by atoms with van der Waals surface area (Å²) in [5.41, 5.74) is 2.13. The second kappa shape index (κ2) is 12.7. The average molecular weight is 499 g/mol. The zero-order valence-corrected chi connectivity index (χ0v) is 22.4. The highest BCUT2D eigenvalue weighted by molar-refractivity contribution is 5.74. The molecule has 4 rings (SSSR count). The lowest BCUT2D eigenvalue weighted by atomic mass is 10.2. The van der Waals surface area contributed by atoms with Crippen molar-refractivity contribution in [3.8, 4) is 0 Å². The van der Waals surface area contributed by atoms with Crippen molar-refractivity contribution in [1.82, 2.24) is 9.13 Å².